The van der Waals surface area contributed by atoms with Gasteiger partial charge in [-0.1, -0.05) is 123 Å². The van der Waals surface area contributed by atoms with Crippen molar-refractivity contribution in [3.63, 3.8) is 0 Å². The number of nitrogens with one attached hydrogen (secondary N) is 2. The lowest BCUT2D eigenvalue weighted by molar-refractivity contribution is -0.938. The molecule has 4 heterocycles. The summed E-state index contributed by atoms with van der Waals surface area (Å²) in [6, 6.07) is 31.5. The number of aliphatic hydroxyl groups is 1. The average molecular weight is 849 g/mol. The summed E-state index contributed by atoms with van der Waals surface area (Å²) in [6.07, 6.45) is 8.53. The van der Waals surface area contributed by atoms with Crippen LogP contribution in [0.2, 0.25) is 5.02 Å². The van der Waals surface area contributed by atoms with Crippen molar-refractivity contribution in [2.45, 2.75) is 82.3 Å². The number of piperidine rings is 3. The second kappa shape index (κ2) is 21.2. The maximum absolute atomic E-state index is 13.8. The number of aliphatic hydroxyl groups excluding tert-OH is 1. The van der Waals surface area contributed by atoms with Gasteiger partial charge in [-0.3, -0.25) is 14.4 Å². The number of esters is 1. The first-order valence-electron chi connectivity index (χ1n) is 22.0. The Morgan fingerprint density at radius 1 is 0.820 bits per heavy atom. The van der Waals surface area contributed by atoms with Crippen LogP contribution in [0.4, 0.5) is 0 Å². The van der Waals surface area contributed by atoms with Gasteiger partial charge in [0, 0.05) is 48.2 Å². The van der Waals surface area contributed by atoms with Gasteiger partial charge in [0.15, 0.2) is 6.10 Å². The minimum absolute atomic E-state index is 0.0187. The van der Waals surface area contributed by atoms with Crippen molar-refractivity contribution in [3.8, 4) is 11.5 Å². The lowest BCUT2D eigenvalue weighted by Crippen LogP contribution is -2.65. The van der Waals surface area contributed by atoms with Gasteiger partial charge in [-0.2, -0.15) is 0 Å². The van der Waals surface area contributed by atoms with Crippen LogP contribution in [0.5, 0.6) is 11.5 Å². The zero-order valence-corrected chi connectivity index (χ0v) is 35.7. The first-order chi connectivity index (χ1) is 29.7. The van der Waals surface area contributed by atoms with Crippen LogP contribution in [0.25, 0.3) is 10.9 Å². The van der Waals surface area contributed by atoms with Gasteiger partial charge in [-0.25, -0.2) is 0 Å². The monoisotopic (exact) mass is 848 g/mol. The number of nitrogens with zero attached hydrogens (tertiary/aromatic N) is 1. The molecule has 10 nitrogen and oxygen atoms in total. The summed E-state index contributed by atoms with van der Waals surface area (Å²) < 4.78 is 13.2. The number of unbranched alkanes of at least 4 members (excludes halogenated alkanes) is 6. The number of ether oxygens (including phenoxy) is 2. The standard InChI is InChI=1S/C50H58ClN3O7/c51-49-39(41(35-15-8-6-9-16-35)31-48(59)61-46-34-54(28-25-37(46)26-29-54)33-44(57)36-17-10-7-11-18-36)19-14-20-45(49)60-30-13-5-3-1-2-4-12-27-52-32-43(56)38-21-23-42(55)50-40(38)22-24-47(58)53-50/h6-11,14-24,37,41,43,46,52,56H,1-5,12-13,25-34H2,(H-,53,55,58)/p+1/t37?,41?,43-,46-,54?/m0/s1. The Hall–Kier alpha value is -5.00. The largest absolute Gasteiger partial charge is 0.506 e. The van der Waals surface area contributed by atoms with Gasteiger partial charge >= 0.3 is 5.97 Å². The number of halogens is 1. The minimum atomic E-state index is -0.761. The number of rotatable bonds is 22. The first kappa shape index (κ1) is 44.1. The summed E-state index contributed by atoms with van der Waals surface area (Å²) >= 11 is 7.06. The average Bonchev–Trinajstić information content (AvgIpc) is 3.27. The number of phenols is 1. The number of pyridine rings is 1. The van der Waals surface area contributed by atoms with Crippen molar-refractivity contribution in [2.24, 2.45) is 5.92 Å². The second-order valence-electron chi connectivity index (χ2n) is 16.9. The van der Waals surface area contributed by atoms with Crippen LogP contribution in [0.1, 0.15) is 103 Å². The molecule has 0 aliphatic carbocycles. The second-order valence-corrected chi connectivity index (χ2v) is 17.3. The molecule has 4 aromatic carbocycles. The third kappa shape index (κ3) is 11.5. The van der Waals surface area contributed by atoms with Crippen LogP contribution in [0, 0.1) is 5.92 Å². The third-order valence-corrected chi connectivity index (χ3v) is 13.1. The first-order valence-corrected chi connectivity index (χ1v) is 22.4. The highest BCUT2D eigenvalue weighted by Gasteiger charge is 2.48. The molecule has 2 bridgehead atoms. The Balaban J connectivity index is 0.829. The number of ketones is 1. The van der Waals surface area contributed by atoms with Crippen molar-refractivity contribution >= 4 is 34.3 Å². The van der Waals surface area contributed by atoms with Crippen LogP contribution in [0.3, 0.4) is 0 Å². The van der Waals surface area contributed by atoms with Gasteiger partial charge in [0.25, 0.3) is 0 Å². The molecule has 1 aromatic heterocycles. The molecule has 4 N–H and O–H groups in total. The molecule has 0 radical (unpaired) electrons. The van der Waals surface area contributed by atoms with Crippen LogP contribution in [-0.2, 0) is 9.53 Å². The van der Waals surface area contributed by atoms with Gasteiger partial charge in [0.05, 0.1) is 42.8 Å². The fraction of sp³-hybridized carbons (Fsp3) is 0.420. The summed E-state index contributed by atoms with van der Waals surface area (Å²) in [6.45, 7) is 4.71. The fourth-order valence-corrected chi connectivity index (χ4v) is 9.61. The lowest BCUT2D eigenvalue weighted by atomic mass is 9.82. The van der Waals surface area contributed by atoms with Crippen LogP contribution >= 0.6 is 11.6 Å². The van der Waals surface area contributed by atoms with E-state index in [1.807, 2.05) is 78.9 Å². The predicted molar refractivity (Wildman–Crippen MR) is 239 cm³/mol. The van der Waals surface area contributed by atoms with E-state index in [-0.39, 0.29) is 41.5 Å². The number of aromatic nitrogens is 1. The number of aromatic hydroxyl groups is 1. The smallest absolute Gasteiger partial charge is 0.307 e. The molecule has 0 saturated carbocycles. The van der Waals surface area contributed by atoms with E-state index in [9.17, 15) is 24.6 Å². The fourth-order valence-electron chi connectivity index (χ4n) is 9.30. The number of hydrogen-bond donors (Lipinski definition) is 4. The van der Waals surface area contributed by atoms with Crippen molar-refractivity contribution in [1.29, 1.82) is 0 Å². The molecule has 11 heteroatoms. The highest BCUT2D eigenvalue weighted by atomic mass is 35.5. The highest BCUT2D eigenvalue weighted by molar-refractivity contribution is 6.33. The van der Waals surface area contributed by atoms with E-state index in [1.54, 1.807) is 12.1 Å². The predicted octanol–water partition coefficient (Wildman–Crippen LogP) is 8.88. The van der Waals surface area contributed by atoms with Crippen LogP contribution in [-0.4, -0.2) is 83.4 Å². The molecule has 3 saturated heterocycles. The quantitative estimate of drug-likeness (QED) is 0.0235. The maximum Gasteiger partial charge on any atom is 0.307 e. The number of hydrogen-bond acceptors (Lipinski definition) is 8. The van der Waals surface area contributed by atoms with Crippen molar-refractivity contribution in [2.75, 3.05) is 45.9 Å². The van der Waals surface area contributed by atoms with Gasteiger partial charge in [-0.15, -0.1) is 0 Å². The SMILES string of the molecule is O=C(CC(c1ccccc1)c1cccc(OCCCCCCCCCNC[C@H](O)c2ccc(O)c3[nH]c(=O)ccc23)c1Cl)O[C@H]1C[N+]2(CC(=O)c3ccccc3)CCC1CC2. The number of Topliss-reactive ketones (excluding diaryl/α,β-unsaturated/α-hetero) is 1. The number of fused-ring (bicyclic) bond motifs is 4. The maximum atomic E-state index is 13.8. The van der Waals surface area contributed by atoms with E-state index >= 15 is 0 Å². The Bertz CT molecular complexity index is 2280. The van der Waals surface area contributed by atoms with Gasteiger partial charge in [-0.05, 0) is 54.3 Å². The number of benzene rings is 4. The highest BCUT2D eigenvalue weighted by Crippen LogP contribution is 2.40. The molecule has 3 aliphatic rings. The number of H-pyrrole nitrogens is 1. The number of carbonyl (C=O) groups is 2. The van der Waals surface area contributed by atoms with Crippen molar-refractivity contribution in [3.05, 3.63) is 141 Å². The van der Waals surface area contributed by atoms with Gasteiger partial charge < -0.3 is 34.5 Å². The minimum Gasteiger partial charge on any atom is -0.506 e. The topological polar surface area (TPSA) is 138 Å². The van der Waals surface area contributed by atoms with Crippen LogP contribution < -0.4 is 15.6 Å². The number of carbonyl (C=O) groups excluding carboxylic acids is 2. The summed E-state index contributed by atoms with van der Waals surface area (Å²) in [5.41, 5.74) is 3.25. The summed E-state index contributed by atoms with van der Waals surface area (Å²) in [5, 5.41) is 25.4. The number of aromatic amines is 1. The number of phenolic OH excluding ortho intramolecular Hbond substituents is 1. The molecule has 0 amide bonds. The van der Waals surface area contributed by atoms with E-state index in [2.05, 4.69) is 10.3 Å². The summed E-state index contributed by atoms with van der Waals surface area (Å²) in [7, 11) is 0. The van der Waals surface area contributed by atoms with E-state index in [1.165, 1.54) is 12.1 Å². The molecule has 3 fully saturated rings. The Kier molecular flexibility index (Phi) is 15.3. The molecular weight excluding hydrogens is 790 g/mol. The Morgan fingerprint density at radius 3 is 2.28 bits per heavy atom. The zero-order chi connectivity index (χ0) is 42.6. The molecule has 322 valence electrons. The normalized spacial score (nSPS) is 19.4. The van der Waals surface area contributed by atoms with Crippen molar-refractivity contribution < 1.29 is 33.8 Å². The van der Waals surface area contributed by atoms with E-state index in [0.29, 0.717) is 63.9 Å². The third-order valence-electron chi connectivity index (χ3n) is 12.7. The zero-order valence-electron chi connectivity index (χ0n) is 34.9. The summed E-state index contributed by atoms with van der Waals surface area (Å²) in [5.74, 6) is 0.501. The Morgan fingerprint density at radius 2 is 1.52 bits per heavy atom. The molecule has 0 spiro atoms. The van der Waals surface area contributed by atoms with Gasteiger partial charge in [0.2, 0.25) is 11.3 Å². The Labute approximate surface area is 363 Å². The molecule has 5 aromatic rings. The van der Waals surface area contributed by atoms with Gasteiger partial charge in [0.1, 0.15) is 24.6 Å². The summed E-state index contributed by atoms with van der Waals surface area (Å²) in [4.78, 5) is 41.4. The molecule has 8 rings (SSSR count). The van der Waals surface area contributed by atoms with E-state index in [0.717, 1.165) is 94.1 Å². The molecular formula is C50H59ClN3O7+. The van der Waals surface area contributed by atoms with Crippen LogP contribution in [0.15, 0.2) is 108 Å². The molecule has 3 aliphatic heterocycles. The van der Waals surface area contributed by atoms with Crippen molar-refractivity contribution in [1.82, 2.24) is 10.3 Å². The number of quaternary nitrogens is 1. The van der Waals surface area contributed by atoms with E-state index < -0.39 is 6.10 Å². The molecule has 61 heavy (non-hydrogen) atoms. The lowest BCUT2D eigenvalue weighted by Gasteiger charge is -2.51. The van der Waals surface area contributed by atoms with E-state index in [4.69, 9.17) is 21.1 Å². The molecule has 1 unspecified atom stereocenters. The molecule has 3 atom stereocenters.